The van der Waals surface area contributed by atoms with E-state index in [4.69, 9.17) is 18.9 Å². The van der Waals surface area contributed by atoms with Gasteiger partial charge in [-0.15, -0.1) is 0 Å². The van der Waals surface area contributed by atoms with E-state index < -0.39 is 0 Å². The minimum absolute atomic E-state index is 0.0178. The second-order valence-electron chi connectivity index (χ2n) is 7.66. The van der Waals surface area contributed by atoms with Gasteiger partial charge in [-0.25, -0.2) is 0 Å². The second kappa shape index (κ2) is 9.23. The van der Waals surface area contributed by atoms with Crippen LogP contribution in [0.5, 0.6) is 23.0 Å². The quantitative estimate of drug-likeness (QED) is 0.561. The predicted molar refractivity (Wildman–Crippen MR) is 111 cm³/mol. The molecule has 2 aliphatic rings. The van der Waals surface area contributed by atoms with Crippen LogP contribution in [0.3, 0.4) is 0 Å². The van der Waals surface area contributed by atoms with Crippen molar-refractivity contribution in [3.8, 4) is 23.0 Å². The van der Waals surface area contributed by atoms with E-state index in [2.05, 4.69) is 17.4 Å². The van der Waals surface area contributed by atoms with E-state index >= 15 is 0 Å². The molecule has 1 amide bonds. The number of nitrogens with one attached hydrogen (secondary N) is 3. The number of piperazine rings is 1. The molecular weight excluding hydrogens is 386 g/mol. The van der Waals surface area contributed by atoms with E-state index in [1.807, 2.05) is 12.1 Å². The number of fused-ring (bicyclic) bond motifs is 1. The molecule has 4 rings (SSSR count). The van der Waals surface area contributed by atoms with Gasteiger partial charge in [0.15, 0.2) is 18.0 Å². The van der Waals surface area contributed by atoms with Gasteiger partial charge in [-0.05, 0) is 30.3 Å². The van der Waals surface area contributed by atoms with Crippen LogP contribution in [0, 0.1) is 0 Å². The van der Waals surface area contributed by atoms with Gasteiger partial charge in [-0.1, -0.05) is 0 Å². The Balaban J connectivity index is 1.26. The van der Waals surface area contributed by atoms with Gasteiger partial charge in [0, 0.05) is 11.6 Å². The predicted octanol–water partition coefficient (Wildman–Crippen LogP) is -0.645. The first-order valence-electron chi connectivity index (χ1n) is 10.2. The Morgan fingerprint density at radius 3 is 2.50 bits per heavy atom. The van der Waals surface area contributed by atoms with Gasteiger partial charge in [-0.2, -0.15) is 0 Å². The molecule has 8 nitrogen and oxygen atoms in total. The summed E-state index contributed by atoms with van der Waals surface area (Å²) in [5.74, 6) is 2.94. The van der Waals surface area contributed by atoms with Gasteiger partial charge in [0.25, 0.3) is 5.91 Å². The number of quaternary nitrogens is 2. The van der Waals surface area contributed by atoms with Gasteiger partial charge in [0.1, 0.15) is 44.2 Å². The molecule has 30 heavy (non-hydrogen) atoms. The molecule has 8 heteroatoms. The molecule has 1 saturated heterocycles. The number of carbonyl (C=O) groups excluding carboxylic acids is 1. The Morgan fingerprint density at radius 1 is 0.967 bits per heavy atom. The zero-order valence-corrected chi connectivity index (χ0v) is 17.5. The van der Waals surface area contributed by atoms with Crippen LogP contribution in [-0.2, 0) is 11.3 Å². The monoisotopic (exact) mass is 415 g/mol. The van der Waals surface area contributed by atoms with Crippen molar-refractivity contribution in [3.63, 3.8) is 0 Å². The van der Waals surface area contributed by atoms with E-state index in [1.165, 1.54) is 15.4 Å². The third kappa shape index (κ3) is 4.77. The summed E-state index contributed by atoms with van der Waals surface area (Å²) < 4.78 is 21.4. The molecule has 3 N–H and O–H groups in total. The largest absolute Gasteiger partial charge is 0.497 e. The van der Waals surface area contributed by atoms with E-state index in [9.17, 15) is 4.79 Å². The third-order valence-corrected chi connectivity index (χ3v) is 5.65. The van der Waals surface area contributed by atoms with Crippen molar-refractivity contribution in [2.24, 2.45) is 0 Å². The van der Waals surface area contributed by atoms with E-state index in [1.54, 1.807) is 26.4 Å². The smallest absolute Gasteiger partial charge is 0.279 e. The van der Waals surface area contributed by atoms with Gasteiger partial charge >= 0.3 is 0 Å². The fraction of sp³-hybridized carbons (Fsp3) is 0.409. The van der Waals surface area contributed by atoms with Crippen LogP contribution in [0.25, 0.3) is 0 Å². The van der Waals surface area contributed by atoms with Crippen molar-refractivity contribution in [2.45, 2.75) is 6.54 Å². The SMILES string of the molecule is COc1ccc(OC)c(NC(=O)C[NH+]2CC[NH+](Cc3ccc4c(c3)OCO4)CC2)c1. The molecule has 0 radical (unpaired) electrons. The normalized spacial score (nSPS) is 19.9. The molecule has 0 aliphatic carbocycles. The first kappa shape index (κ1) is 20.3. The van der Waals surface area contributed by atoms with E-state index in [0.717, 1.165) is 44.2 Å². The van der Waals surface area contributed by atoms with Gasteiger partial charge < -0.3 is 34.1 Å². The average Bonchev–Trinajstić information content (AvgIpc) is 3.23. The number of carbonyl (C=O) groups is 1. The topological polar surface area (TPSA) is 74.9 Å². The highest BCUT2D eigenvalue weighted by atomic mass is 16.7. The molecule has 0 bridgehead atoms. The molecule has 0 unspecified atom stereocenters. The number of methoxy groups -OCH3 is 2. The number of rotatable bonds is 7. The van der Waals surface area contributed by atoms with E-state index in [0.29, 0.717) is 30.5 Å². The molecule has 0 aromatic heterocycles. The summed E-state index contributed by atoms with van der Waals surface area (Å²) in [7, 11) is 3.19. The third-order valence-electron chi connectivity index (χ3n) is 5.65. The van der Waals surface area contributed by atoms with Crippen molar-refractivity contribution < 1.29 is 33.5 Å². The lowest BCUT2D eigenvalue weighted by Crippen LogP contribution is -3.28. The van der Waals surface area contributed by atoms with Crippen molar-refractivity contribution in [1.82, 2.24) is 0 Å². The molecular formula is C22H29N3O5+2. The highest BCUT2D eigenvalue weighted by molar-refractivity contribution is 5.93. The van der Waals surface area contributed by atoms with Crippen molar-refractivity contribution >= 4 is 11.6 Å². The number of benzene rings is 2. The average molecular weight is 415 g/mol. The number of ether oxygens (including phenoxy) is 4. The minimum atomic E-state index is -0.0178. The molecule has 2 aromatic rings. The number of amides is 1. The first-order valence-corrected chi connectivity index (χ1v) is 10.2. The zero-order valence-electron chi connectivity index (χ0n) is 17.5. The summed E-state index contributed by atoms with van der Waals surface area (Å²) >= 11 is 0. The van der Waals surface area contributed by atoms with Gasteiger partial charge in [-0.3, -0.25) is 4.79 Å². The summed E-state index contributed by atoms with van der Waals surface area (Å²) in [6.07, 6.45) is 0. The summed E-state index contributed by atoms with van der Waals surface area (Å²) in [6.45, 7) is 5.68. The standard InChI is InChI=1S/C22H27N3O5/c1-27-17-4-6-19(28-2)18(12-17)23-22(26)14-25-9-7-24(8-10-25)13-16-3-5-20-21(11-16)30-15-29-20/h3-6,11-12H,7-10,13-15H2,1-2H3,(H,23,26)/p+2. The van der Waals surface area contributed by atoms with Crippen LogP contribution in [0.4, 0.5) is 5.69 Å². The minimum Gasteiger partial charge on any atom is -0.497 e. The van der Waals surface area contributed by atoms with Crippen molar-refractivity contribution in [1.29, 1.82) is 0 Å². The maximum absolute atomic E-state index is 12.6. The fourth-order valence-electron chi connectivity index (χ4n) is 3.98. The van der Waals surface area contributed by atoms with Crippen molar-refractivity contribution in [3.05, 3.63) is 42.0 Å². The molecule has 2 aliphatic heterocycles. The zero-order chi connectivity index (χ0) is 20.9. The second-order valence-corrected chi connectivity index (χ2v) is 7.66. The van der Waals surface area contributed by atoms with Gasteiger partial charge in [0.2, 0.25) is 6.79 Å². The number of hydrogen-bond donors (Lipinski definition) is 3. The Bertz CT molecular complexity index is 896. The highest BCUT2D eigenvalue weighted by Crippen LogP contribution is 2.32. The summed E-state index contributed by atoms with van der Waals surface area (Å²) in [5.41, 5.74) is 1.88. The molecule has 0 saturated carbocycles. The van der Waals surface area contributed by atoms with E-state index in [-0.39, 0.29) is 5.91 Å². The lowest BCUT2D eigenvalue weighted by molar-refractivity contribution is -1.02. The van der Waals surface area contributed by atoms with Gasteiger partial charge in [0.05, 0.1) is 19.9 Å². The van der Waals surface area contributed by atoms with Crippen LogP contribution in [0.15, 0.2) is 36.4 Å². The summed E-state index contributed by atoms with van der Waals surface area (Å²) in [5, 5.41) is 2.96. The molecule has 0 atom stereocenters. The molecule has 1 fully saturated rings. The number of hydrogen-bond acceptors (Lipinski definition) is 5. The number of anilines is 1. The molecule has 160 valence electrons. The van der Waals surface area contributed by atoms with Crippen molar-refractivity contribution in [2.75, 3.05) is 59.1 Å². The maximum Gasteiger partial charge on any atom is 0.279 e. The lowest BCUT2D eigenvalue weighted by Gasteiger charge is -2.29. The van der Waals surface area contributed by atoms with Crippen LogP contribution in [0.2, 0.25) is 0 Å². The molecule has 2 aromatic carbocycles. The summed E-state index contributed by atoms with van der Waals surface area (Å²) in [4.78, 5) is 15.4. The fourth-order valence-corrected chi connectivity index (χ4v) is 3.98. The van der Waals surface area contributed by atoms with Crippen LogP contribution in [0.1, 0.15) is 5.56 Å². The highest BCUT2D eigenvalue weighted by Gasteiger charge is 2.26. The first-order chi connectivity index (χ1) is 14.6. The summed E-state index contributed by atoms with van der Waals surface area (Å²) in [6, 6.07) is 11.5. The van der Waals surface area contributed by atoms with Crippen LogP contribution >= 0.6 is 0 Å². The lowest BCUT2D eigenvalue weighted by atomic mass is 10.1. The Labute approximate surface area is 176 Å². The molecule has 0 spiro atoms. The Morgan fingerprint density at radius 2 is 1.73 bits per heavy atom. The van der Waals surface area contributed by atoms with Crippen LogP contribution < -0.4 is 34.1 Å². The Kier molecular flexibility index (Phi) is 6.25. The molecule has 2 heterocycles. The maximum atomic E-state index is 12.6. The Hall–Kier alpha value is -2.97. The van der Waals surface area contributed by atoms with Crippen LogP contribution in [-0.4, -0.2) is 59.6 Å².